The lowest BCUT2D eigenvalue weighted by molar-refractivity contribution is -0.118. The Hall–Kier alpha value is -3.29. The summed E-state index contributed by atoms with van der Waals surface area (Å²) in [5.74, 6) is 2.12. The van der Waals surface area contributed by atoms with E-state index in [2.05, 4.69) is 15.6 Å². The van der Waals surface area contributed by atoms with Crippen LogP contribution in [0.3, 0.4) is 0 Å². The highest BCUT2D eigenvalue weighted by Gasteiger charge is 2.54. The van der Waals surface area contributed by atoms with Crippen LogP contribution in [0.5, 0.6) is 11.5 Å². The molecule has 2 aromatic heterocycles. The predicted octanol–water partition coefficient (Wildman–Crippen LogP) is 4.03. The van der Waals surface area contributed by atoms with Crippen molar-refractivity contribution in [3.8, 4) is 22.8 Å². The molecule has 1 N–H and O–H groups in total. The molecule has 1 fully saturated rings. The molecule has 1 aromatic carbocycles. The van der Waals surface area contributed by atoms with Crippen LogP contribution >= 0.6 is 0 Å². The fraction of sp³-hybridized carbons (Fsp3) is 0.381. The minimum Gasteiger partial charge on any atom is -0.454 e. The Balaban J connectivity index is 1.36. The van der Waals surface area contributed by atoms with Crippen LogP contribution in [0, 0.1) is 0 Å². The second-order valence-electron chi connectivity index (χ2n) is 8.51. The molecule has 150 valence electrons. The van der Waals surface area contributed by atoms with E-state index in [4.69, 9.17) is 18.5 Å². The summed E-state index contributed by atoms with van der Waals surface area (Å²) >= 11 is 0. The molecule has 3 heterocycles. The summed E-state index contributed by atoms with van der Waals surface area (Å²) in [6, 6.07) is 9.12. The first kappa shape index (κ1) is 17.8. The van der Waals surface area contributed by atoms with E-state index in [9.17, 15) is 4.79 Å². The summed E-state index contributed by atoms with van der Waals surface area (Å²) in [5.41, 5.74) is 1.35. The zero-order chi connectivity index (χ0) is 20.2. The average molecular weight is 395 g/mol. The van der Waals surface area contributed by atoms with Gasteiger partial charge >= 0.3 is 0 Å². The van der Waals surface area contributed by atoms with Gasteiger partial charge in [-0.15, -0.1) is 0 Å². The van der Waals surface area contributed by atoms with E-state index >= 15 is 0 Å². The first-order chi connectivity index (χ1) is 13.8. The van der Waals surface area contributed by atoms with Gasteiger partial charge in [-0.25, -0.2) is 0 Å². The van der Waals surface area contributed by atoms with E-state index < -0.39 is 5.41 Å². The molecule has 8 nitrogen and oxygen atoms in total. The van der Waals surface area contributed by atoms with Crippen molar-refractivity contribution in [2.24, 2.45) is 0 Å². The molecule has 2 aliphatic rings. The second-order valence-corrected chi connectivity index (χ2v) is 8.51. The minimum atomic E-state index is -0.702. The zero-order valence-corrected chi connectivity index (χ0v) is 16.4. The molecule has 3 aromatic rings. The number of hydrogen-bond donors (Lipinski definition) is 1. The number of nitrogens with zero attached hydrogens (tertiary/aromatic N) is 2. The van der Waals surface area contributed by atoms with Crippen LogP contribution in [0.1, 0.15) is 45.0 Å². The van der Waals surface area contributed by atoms with Gasteiger partial charge in [-0.05, 0) is 31.0 Å². The number of carbonyl (C=O) groups excluding carboxylic acids is 1. The molecule has 0 bridgehead atoms. The molecule has 8 heteroatoms. The first-order valence-corrected chi connectivity index (χ1v) is 9.51. The standard InChI is InChI=1S/C21H21N3O5/c1-20(2,3)16-10-18(29-23-16)22-19(25)21(6-7-21)17-9-14(28-24-17)12-4-5-13-15(8-12)27-11-26-13/h4-5,8-10H,6-7,11H2,1-3H3,(H,22,25). The second kappa shape index (κ2) is 6.10. The van der Waals surface area contributed by atoms with Gasteiger partial charge in [0.15, 0.2) is 17.3 Å². The number of carbonyl (C=O) groups is 1. The van der Waals surface area contributed by atoms with Gasteiger partial charge in [-0.2, -0.15) is 0 Å². The lowest BCUT2D eigenvalue weighted by Crippen LogP contribution is -2.28. The maximum Gasteiger partial charge on any atom is 0.239 e. The Morgan fingerprint density at radius 1 is 1.03 bits per heavy atom. The van der Waals surface area contributed by atoms with Crippen LogP contribution < -0.4 is 14.8 Å². The van der Waals surface area contributed by atoms with E-state index in [0.29, 0.717) is 41.7 Å². The summed E-state index contributed by atoms with van der Waals surface area (Å²) in [6.07, 6.45) is 1.40. The van der Waals surface area contributed by atoms with Crippen molar-refractivity contribution in [1.82, 2.24) is 10.3 Å². The summed E-state index contributed by atoms with van der Waals surface area (Å²) in [6.45, 7) is 6.31. The molecule has 29 heavy (non-hydrogen) atoms. The topological polar surface area (TPSA) is 99.6 Å². The van der Waals surface area contributed by atoms with Crippen molar-refractivity contribution in [2.45, 2.75) is 44.4 Å². The quantitative estimate of drug-likeness (QED) is 0.712. The third-order valence-electron chi connectivity index (χ3n) is 5.36. The van der Waals surface area contributed by atoms with Crippen molar-refractivity contribution in [1.29, 1.82) is 0 Å². The largest absolute Gasteiger partial charge is 0.454 e. The zero-order valence-electron chi connectivity index (χ0n) is 16.4. The number of anilines is 1. The van der Waals surface area contributed by atoms with Crippen molar-refractivity contribution >= 4 is 11.8 Å². The third kappa shape index (κ3) is 3.04. The van der Waals surface area contributed by atoms with Crippen LogP contribution in [0.4, 0.5) is 5.88 Å². The van der Waals surface area contributed by atoms with Crippen LogP contribution in [-0.4, -0.2) is 23.0 Å². The highest BCUT2D eigenvalue weighted by molar-refractivity contribution is 6.00. The van der Waals surface area contributed by atoms with Gasteiger partial charge in [0.05, 0.1) is 16.8 Å². The number of hydrogen-bond acceptors (Lipinski definition) is 7. The Morgan fingerprint density at radius 3 is 2.55 bits per heavy atom. The number of amides is 1. The Morgan fingerprint density at radius 2 is 1.83 bits per heavy atom. The predicted molar refractivity (Wildman–Crippen MR) is 103 cm³/mol. The van der Waals surface area contributed by atoms with E-state index in [1.807, 2.05) is 45.0 Å². The molecule has 1 aliphatic heterocycles. The smallest absolute Gasteiger partial charge is 0.239 e. The van der Waals surface area contributed by atoms with Crippen LogP contribution in [0.2, 0.25) is 0 Å². The SMILES string of the molecule is CC(C)(C)c1cc(NC(=O)C2(c3cc(-c4ccc5c(c4)OCO5)on3)CC2)on1. The molecule has 0 atom stereocenters. The van der Waals surface area contributed by atoms with Gasteiger partial charge in [-0.3, -0.25) is 10.1 Å². The lowest BCUT2D eigenvalue weighted by atomic mass is 9.92. The van der Waals surface area contributed by atoms with Crippen LogP contribution in [0.15, 0.2) is 39.4 Å². The molecular weight excluding hydrogens is 374 g/mol. The Labute approximate surface area is 167 Å². The molecule has 5 rings (SSSR count). The number of ether oxygens (including phenoxy) is 2. The highest BCUT2D eigenvalue weighted by Crippen LogP contribution is 2.49. The number of fused-ring (bicyclic) bond motifs is 1. The number of aromatic nitrogens is 2. The molecule has 0 unspecified atom stereocenters. The van der Waals surface area contributed by atoms with Crippen molar-refractivity contribution < 1.29 is 23.3 Å². The van der Waals surface area contributed by atoms with Gasteiger partial charge in [0.2, 0.25) is 18.6 Å². The lowest BCUT2D eigenvalue weighted by Gasteiger charge is -2.12. The fourth-order valence-electron chi connectivity index (χ4n) is 3.33. The van der Waals surface area contributed by atoms with Crippen molar-refractivity contribution in [3.63, 3.8) is 0 Å². The van der Waals surface area contributed by atoms with Gasteiger partial charge in [0.25, 0.3) is 0 Å². The molecule has 1 amide bonds. The van der Waals surface area contributed by atoms with E-state index in [1.165, 1.54) is 0 Å². The normalized spacial score (nSPS) is 16.7. The Kier molecular flexibility index (Phi) is 3.74. The number of nitrogens with one attached hydrogen (secondary N) is 1. The van der Waals surface area contributed by atoms with E-state index in [0.717, 1.165) is 11.3 Å². The highest BCUT2D eigenvalue weighted by atomic mass is 16.7. The Bertz CT molecular complexity index is 1090. The van der Waals surface area contributed by atoms with Gasteiger partial charge < -0.3 is 18.5 Å². The minimum absolute atomic E-state index is 0.157. The summed E-state index contributed by atoms with van der Waals surface area (Å²) in [4.78, 5) is 12.9. The maximum atomic E-state index is 12.9. The molecule has 0 saturated heterocycles. The molecule has 1 saturated carbocycles. The third-order valence-corrected chi connectivity index (χ3v) is 5.36. The molecule has 0 spiro atoms. The van der Waals surface area contributed by atoms with E-state index in [-0.39, 0.29) is 18.1 Å². The molecule has 0 radical (unpaired) electrons. The van der Waals surface area contributed by atoms with Crippen LogP contribution in [0.25, 0.3) is 11.3 Å². The average Bonchev–Trinajstić information content (AvgIpc) is 3.10. The fourth-order valence-corrected chi connectivity index (χ4v) is 3.33. The van der Waals surface area contributed by atoms with Gasteiger partial charge in [0.1, 0.15) is 0 Å². The number of benzene rings is 1. The monoisotopic (exact) mass is 395 g/mol. The molecular formula is C21H21N3O5. The van der Waals surface area contributed by atoms with Crippen LogP contribution in [-0.2, 0) is 15.6 Å². The summed E-state index contributed by atoms with van der Waals surface area (Å²) in [7, 11) is 0. The number of rotatable bonds is 4. The van der Waals surface area contributed by atoms with E-state index in [1.54, 1.807) is 6.07 Å². The van der Waals surface area contributed by atoms with Gasteiger partial charge in [-0.1, -0.05) is 31.1 Å². The molecule has 1 aliphatic carbocycles. The summed E-state index contributed by atoms with van der Waals surface area (Å²) < 4.78 is 21.6. The van der Waals surface area contributed by atoms with Crippen molar-refractivity contribution in [3.05, 3.63) is 41.7 Å². The van der Waals surface area contributed by atoms with Gasteiger partial charge in [0, 0.05) is 23.1 Å². The summed E-state index contributed by atoms with van der Waals surface area (Å²) in [5, 5.41) is 11.0. The first-order valence-electron chi connectivity index (χ1n) is 9.51. The maximum absolute atomic E-state index is 12.9. The van der Waals surface area contributed by atoms with Crippen molar-refractivity contribution in [2.75, 3.05) is 12.1 Å².